The van der Waals surface area contributed by atoms with Crippen LogP contribution in [-0.2, 0) is 12.0 Å². The molecule has 1 unspecified atom stereocenters. The van der Waals surface area contributed by atoms with E-state index in [1.165, 1.54) is 6.07 Å². The topological polar surface area (TPSA) is 46.2 Å². The minimum atomic E-state index is -0.647. The van der Waals surface area contributed by atoms with E-state index in [2.05, 4.69) is 0 Å². The standard InChI is InChI=1S/C16H18FNO/c1-11-3-6-13(9-15(11)17)16(2,18)10-12-4-7-14(19)8-5-12/h3-9,19H,10,18H2,1-2H3. The summed E-state index contributed by atoms with van der Waals surface area (Å²) in [4.78, 5) is 0. The summed E-state index contributed by atoms with van der Waals surface area (Å²) in [6.07, 6.45) is 0.579. The molecule has 3 heteroatoms. The fourth-order valence-electron chi connectivity index (χ4n) is 2.09. The summed E-state index contributed by atoms with van der Waals surface area (Å²) in [5.74, 6) is -0.0104. The van der Waals surface area contributed by atoms with Gasteiger partial charge in [0.05, 0.1) is 0 Å². The molecule has 2 nitrogen and oxygen atoms in total. The zero-order valence-corrected chi connectivity index (χ0v) is 11.2. The Kier molecular flexibility index (Phi) is 3.58. The molecule has 0 aliphatic rings. The molecule has 3 N–H and O–H groups in total. The maximum atomic E-state index is 13.6. The van der Waals surface area contributed by atoms with Gasteiger partial charge in [-0.05, 0) is 55.2 Å². The zero-order chi connectivity index (χ0) is 14.0. The smallest absolute Gasteiger partial charge is 0.126 e. The molecule has 0 aromatic heterocycles. The number of phenols is 1. The molecular weight excluding hydrogens is 241 g/mol. The first-order valence-electron chi connectivity index (χ1n) is 6.22. The normalized spacial score (nSPS) is 14.1. The van der Waals surface area contributed by atoms with Crippen molar-refractivity contribution < 1.29 is 9.50 Å². The lowest BCUT2D eigenvalue weighted by molar-refractivity contribution is 0.471. The molecule has 0 heterocycles. The van der Waals surface area contributed by atoms with Crippen molar-refractivity contribution in [1.29, 1.82) is 0 Å². The van der Waals surface area contributed by atoms with E-state index in [0.29, 0.717) is 12.0 Å². The average Bonchev–Trinajstić information content (AvgIpc) is 2.35. The van der Waals surface area contributed by atoms with Gasteiger partial charge >= 0.3 is 0 Å². The first kappa shape index (κ1) is 13.6. The number of nitrogens with two attached hydrogens (primary N) is 1. The molecule has 0 fully saturated rings. The van der Waals surface area contributed by atoms with Crippen molar-refractivity contribution >= 4 is 0 Å². The number of benzene rings is 2. The van der Waals surface area contributed by atoms with Crippen LogP contribution in [0.5, 0.6) is 5.75 Å². The highest BCUT2D eigenvalue weighted by Gasteiger charge is 2.22. The molecular formula is C16H18FNO. The summed E-state index contributed by atoms with van der Waals surface area (Å²) in [5, 5.41) is 9.26. The van der Waals surface area contributed by atoms with E-state index in [1.807, 2.05) is 25.1 Å². The monoisotopic (exact) mass is 259 g/mol. The Hall–Kier alpha value is -1.87. The third-order valence-corrected chi connectivity index (χ3v) is 3.34. The van der Waals surface area contributed by atoms with Gasteiger partial charge in [-0.1, -0.05) is 24.3 Å². The lowest BCUT2D eigenvalue weighted by atomic mass is 9.86. The average molecular weight is 259 g/mol. The fourth-order valence-corrected chi connectivity index (χ4v) is 2.09. The van der Waals surface area contributed by atoms with Crippen molar-refractivity contribution in [2.24, 2.45) is 5.73 Å². The lowest BCUT2D eigenvalue weighted by Gasteiger charge is -2.26. The first-order valence-corrected chi connectivity index (χ1v) is 6.22. The highest BCUT2D eigenvalue weighted by atomic mass is 19.1. The Balaban J connectivity index is 2.26. The highest BCUT2D eigenvalue weighted by Crippen LogP contribution is 2.25. The number of rotatable bonds is 3. The minimum absolute atomic E-state index is 0.226. The molecule has 0 saturated heterocycles. The molecule has 0 aliphatic carbocycles. The summed E-state index contributed by atoms with van der Waals surface area (Å²) in [6, 6.07) is 12.0. The molecule has 2 rings (SSSR count). The summed E-state index contributed by atoms with van der Waals surface area (Å²) < 4.78 is 13.6. The van der Waals surface area contributed by atoms with Crippen molar-refractivity contribution in [3.63, 3.8) is 0 Å². The van der Waals surface area contributed by atoms with Crippen molar-refractivity contribution in [3.8, 4) is 5.75 Å². The fraction of sp³-hybridized carbons (Fsp3) is 0.250. The second kappa shape index (κ2) is 5.02. The van der Waals surface area contributed by atoms with E-state index in [9.17, 15) is 9.50 Å². The van der Waals surface area contributed by atoms with Crippen LogP contribution in [0.3, 0.4) is 0 Å². The van der Waals surface area contributed by atoms with Crippen molar-refractivity contribution in [2.45, 2.75) is 25.8 Å². The predicted octanol–water partition coefficient (Wildman–Crippen LogP) is 3.26. The molecule has 100 valence electrons. The van der Waals surface area contributed by atoms with Gasteiger partial charge in [0.1, 0.15) is 11.6 Å². The van der Waals surface area contributed by atoms with E-state index >= 15 is 0 Å². The van der Waals surface area contributed by atoms with Crippen LogP contribution >= 0.6 is 0 Å². The van der Waals surface area contributed by atoms with Crippen LogP contribution in [0.1, 0.15) is 23.6 Å². The highest BCUT2D eigenvalue weighted by molar-refractivity contribution is 5.32. The van der Waals surface area contributed by atoms with E-state index < -0.39 is 5.54 Å². The van der Waals surface area contributed by atoms with Crippen LogP contribution in [0.15, 0.2) is 42.5 Å². The predicted molar refractivity (Wildman–Crippen MR) is 74.5 cm³/mol. The van der Waals surface area contributed by atoms with Crippen LogP contribution in [0, 0.1) is 12.7 Å². The van der Waals surface area contributed by atoms with Crippen LogP contribution in [0.25, 0.3) is 0 Å². The van der Waals surface area contributed by atoms with Gasteiger partial charge in [0, 0.05) is 5.54 Å². The van der Waals surface area contributed by atoms with E-state index in [4.69, 9.17) is 5.73 Å². The first-order chi connectivity index (χ1) is 8.88. The number of hydrogen-bond acceptors (Lipinski definition) is 2. The third-order valence-electron chi connectivity index (χ3n) is 3.34. The van der Waals surface area contributed by atoms with Gasteiger partial charge in [0.25, 0.3) is 0 Å². The Morgan fingerprint density at radius 2 is 1.79 bits per heavy atom. The van der Waals surface area contributed by atoms with E-state index in [0.717, 1.165) is 11.1 Å². The van der Waals surface area contributed by atoms with Gasteiger partial charge in [0.15, 0.2) is 0 Å². The van der Waals surface area contributed by atoms with Gasteiger partial charge in [-0.2, -0.15) is 0 Å². The van der Waals surface area contributed by atoms with Gasteiger partial charge in [0.2, 0.25) is 0 Å². The van der Waals surface area contributed by atoms with Crippen molar-refractivity contribution in [2.75, 3.05) is 0 Å². The molecule has 2 aromatic rings. The molecule has 1 atom stereocenters. The maximum Gasteiger partial charge on any atom is 0.126 e. The van der Waals surface area contributed by atoms with Gasteiger partial charge in [-0.15, -0.1) is 0 Å². The van der Waals surface area contributed by atoms with Gasteiger partial charge in [-0.3, -0.25) is 0 Å². The van der Waals surface area contributed by atoms with Crippen LogP contribution in [-0.4, -0.2) is 5.11 Å². The quantitative estimate of drug-likeness (QED) is 0.888. The molecule has 0 amide bonds. The van der Waals surface area contributed by atoms with Crippen LogP contribution in [0.4, 0.5) is 4.39 Å². The molecule has 0 bridgehead atoms. The number of halogens is 1. The van der Waals surface area contributed by atoms with Crippen molar-refractivity contribution in [3.05, 3.63) is 65.0 Å². The van der Waals surface area contributed by atoms with Crippen molar-refractivity contribution in [1.82, 2.24) is 0 Å². The summed E-state index contributed by atoms with van der Waals surface area (Å²) in [5.41, 5.74) is 8.04. The van der Waals surface area contributed by atoms with E-state index in [-0.39, 0.29) is 11.6 Å². The second-order valence-corrected chi connectivity index (χ2v) is 5.22. The Bertz CT molecular complexity index is 576. The Morgan fingerprint density at radius 3 is 2.37 bits per heavy atom. The Morgan fingerprint density at radius 1 is 1.16 bits per heavy atom. The molecule has 2 aromatic carbocycles. The second-order valence-electron chi connectivity index (χ2n) is 5.22. The molecule has 0 radical (unpaired) electrons. The van der Waals surface area contributed by atoms with E-state index in [1.54, 1.807) is 25.1 Å². The number of aryl methyl sites for hydroxylation is 1. The molecule has 0 aliphatic heterocycles. The molecule has 0 saturated carbocycles. The SMILES string of the molecule is Cc1ccc(C(C)(N)Cc2ccc(O)cc2)cc1F. The Labute approximate surface area is 112 Å². The zero-order valence-electron chi connectivity index (χ0n) is 11.2. The molecule has 0 spiro atoms. The maximum absolute atomic E-state index is 13.6. The van der Waals surface area contributed by atoms with Gasteiger partial charge < -0.3 is 10.8 Å². The molecule has 19 heavy (non-hydrogen) atoms. The lowest BCUT2D eigenvalue weighted by Crippen LogP contribution is -2.35. The number of aromatic hydroxyl groups is 1. The summed E-state index contributed by atoms with van der Waals surface area (Å²) >= 11 is 0. The third kappa shape index (κ3) is 3.12. The largest absolute Gasteiger partial charge is 0.508 e. The summed E-state index contributed by atoms with van der Waals surface area (Å²) in [7, 11) is 0. The van der Waals surface area contributed by atoms with Crippen LogP contribution in [0.2, 0.25) is 0 Å². The van der Waals surface area contributed by atoms with Gasteiger partial charge in [-0.25, -0.2) is 4.39 Å². The van der Waals surface area contributed by atoms with Crippen LogP contribution < -0.4 is 5.73 Å². The minimum Gasteiger partial charge on any atom is -0.508 e. The number of hydrogen-bond donors (Lipinski definition) is 2. The summed E-state index contributed by atoms with van der Waals surface area (Å²) in [6.45, 7) is 3.61. The number of phenolic OH excluding ortho intramolecular Hbond substituents is 1.